The molecule has 0 radical (unpaired) electrons. The second-order valence-corrected chi connectivity index (χ2v) is 7.52. The van der Waals surface area contributed by atoms with Gasteiger partial charge in [0.1, 0.15) is 23.0 Å². The third-order valence-corrected chi connectivity index (χ3v) is 5.14. The third-order valence-electron chi connectivity index (χ3n) is 3.86. The van der Waals surface area contributed by atoms with Crippen molar-refractivity contribution < 1.29 is 27.4 Å². The number of benzene rings is 2. The van der Waals surface area contributed by atoms with Crippen molar-refractivity contribution in [3.8, 4) is 23.0 Å². The van der Waals surface area contributed by atoms with E-state index in [4.69, 9.17) is 24.7 Å². The molecule has 2 aromatic carbocycles. The fourth-order valence-electron chi connectivity index (χ4n) is 2.52. The number of sulfone groups is 1. The van der Waals surface area contributed by atoms with Crippen molar-refractivity contribution in [3.63, 3.8) is 0 Å². The monoisotopic (exact) mass is 535 g/mol. The number of hydrogen-bond acceptors (Lipinski definition) is 7. The van der Waals surface area contributed by atoms with Crippen molar-refractivity contribution in [3.05, 3.63) is 46.9 Å². The number of anilines is 1. The van der Waals surface area contributed by atoms with E-state index in [9.17, 15) is 8.42 Å². The Bertz CT molecular complexity index is 919. The van der Waals surface area contributed by atoms with Crippen LogP contribution in [-0.2, 0) is 15.6 Å². The van der Waals surface area contributed by atoms with Crippen LogP contribution in [0.5, 0.6) is 23.0 Å². The van der Waals surface area contributed by atoms with Gasteiger partial charge in [-0.2, -0.15) is 0 Å². The van der Waals surface area contributed by atoms with Gasteiger partial charge < -0.3 is 24.7 Å². The molecule has 0 fully saturated rings. The molecule has 2 rings (SSSR count). The first-order valence-electron chi connectivity index (χ1n) is 8.34. The maximum Gasteiger partial charge on any atom is 0.175 e. The van der Waals surface area contributed by atoms with Crippen molar-refractivity contribution in [2.75, 3.05) is 39.1 Å². The Morgan fingerprint density at radius 3 is 1.90 bits per heavy atom. The van der Waals surface area contributed by atoms with E-state index in [1.807, 2.05) is 4.93 Å². The molecule has 2 N–H and O–H groups in total. The van der Waals surface area contributed by atoms with Crippen LogP contribution in [0.3, 0.4) is 0 Å². The Balaban J connectivity index is 0.00000204. The van der Waals surface area contributed by atoms with Crippen molar-refractivity contribution in [2.45, 2.75) is 5.75 Å². The Hall–Kier alpha value is -2.14. The molecular weight excluding hydrogens is 509 g/mol. The van der Waals surface area contributed by atoms with E-state index in [2.05, 4.69) is 22.6 Å². The van der Waals surface area contributed by atoms with Crippen LogP contribution in [0.25, 0.3) is 6.08 Å². The predicted molar refractivity (Wildman–Crippen MR) is 125 cm³/mol. The average molecular weight is 535 g/mol. The number of alkyl halides is 1. The summed E-state index contributed by atoms with van der Waals surface area (Å²) in [7, 11) is 2.44. The van der Waals surface area contributed by atoms with Crippen LogP contribution in [0.15, 0.2) is 35.7 Å². The highest BCUT2D eigenvalue weighted by Gasteiger charge is 2.14. The Morgan fingerprint density at radius 1 is 0.897 bits per heavy atom. The van der Waals surface area contributed by atoms with Gasteiger partial charge in [-0.25, -0.2) is 8.42 Å². The molecule has 0 unspecified atom stereocenters. The number of rotatable bonds is 8. The van der Waals surface area contributed by atoms with E-state index < -0.39 is 9.84 Å². The largest absolute Gasteiger partial charge is 0.496 e. The van der Waals surface area contributed by atoms with Crippen LogP contribution in [0, 0.1) is 0 Å². The van der Waals surface area contributed by atoms with E-state index in [1.54, 1.807) is 30.3 Å². The van der Waals surface area contributed by atoms with E-state index >= 15 is 0 Å². The SMILES string of the molecule is CI.COc1cc(OC)c(/C=C/S(=O)(=O)Cc2ccc(OC)c(N)c2)c(OC)c1. The fourth-order valence-corrected chi connectivity index (χ4v) is 3.61. The van der Waals surface area contributed by atoms with Crippen LogP contribution in [-0.4, -0.2) is 41.8 Å². The summed E-state index contributed by atoms with van der Waals surface area (Å²) in [5.74, 6) is 1.72. The maximum absolute atomic E-state index is 12.5. The molecule has 29 heavy (non-hydrogen) atoms. The molecule has 0 aromatic heterocycles. The summed E-state index contributed by atoms with van der Waals surface area (Å²) in [5.41, 5.74) is 7.28. The Kier molecular flexibility index (Phi) is 10.1. The van der Waals surface area contributed by atoms with Crippen molar-refractivity contribution in [2.24, 2.45) is 0 Å². The minimum absolute atomic E-state index is 0.196. The zero-order valence-electron chi connectivity index (χ0n) is 17.1. The van der Waals surface area contributed by atoms with Crippen LogP contribution >= 0.6 is 22.6 Å². The zero-order chi connectivity index (χ0) is 22.0. The standard InChI is InChI=1S/C19H23NO6S.CH3I/c1-23-14-10-18(25-3)15(19(11-14)26-4)7-8-27(21,22)12-13-5-6-17(24-2)16(20)9-13;1-2/h5-11H,12,20H2,1-4H3;1H3/b8-7+;. The molecule has 0 aliphatic rings. The van der Waals surface area contributed by atoms with Gasteiger partial charge in [-0.3, -0.25) is 0 Å². The van der Waals surface area contributed by atoms with E-state index in [1.165, 1.54) is 34.5 Å². The number of methoxy groups -OCH3 is 4. The molecule has 0 heterocycles. The quantitative estimate of drug-likeness (QED) is 0.311. The lowest BCUT2D eigenvalue weighted by molar-refractivity contribution is 0.374. The molecule has 0 amide bonds. The minimum Gasteiger partial charge on any atom is -0.496 e. The summed E-state index contributed by atoms with van der Waals surface area (Å²) in [6.45, 7) is 0. The van der Waals surface area contributed by atoms with Gasteiger partial charge in [-0.15, -0.1) is 0 Å². The number of halogens is 1. The van der Waals surface area contributed by atoms with Crippen LogP contribution in [0.2, 0.25) is 0 Å². The molecular formula is C20H26INO6S. The molecule has 9 heteroatoms. The highest BCUT2D eigenvalue weighted by Crippen LogP contribution is 2.35. The minimum atomic E-state index is -3.55. The van der Waals surface area contributed by atoms with Crippen LogP contribution < -0.4 is 24.7 Å². The molecule has 7 nitrogen and oxygen atoms in total. The smallest absolute Gasteiger partial charge is 0.175 e. The van der Waals surface area contributed by atoms with Gasteiger partial charge in [0, 0.05) is 17.5 Å². The van der Waals surface area contributed by atoms with Gasteiger partial charge in [-0.1, -0.05) is 28.7 Å². The molecule has 0 aliphatic heterocycles. The van der Waals surface area contributed by atoms with Gasteiger partial charge >= 0.3 is 0 Å². The molecule has 0 saturated heterocycles. The highest BCUT2D eigenvalue weighted by atomic mass is 127. The number of nitrogen functional groups attached to an aromatic ring is 1. The molecule has 0 bridgehead atoms. The first-order chi connectivity index (χ1) is 13.8. The van der Waals surface area contributed by atoms with E-state index in [-0.39, 0.29) is 5.75 Å². The lowest BCUT2D eigenvalue weighted by Gasteiger charge is -2.12. The van der Waals surface area contributed by atoms with Crippen molar-refractivity contribution in [1.29, 1.82) is 0 Å². The molecule has 0 saturated carbocycles. The van der Waals surface area contributed by atoms with Gasteiger partial charge in [0.15, 0.2) is 9.84 Å². The van der Waals surface area contributed by atoms with Crippen LogP contribution in [0.1, 0.15) is 11.1 Å². The first-order valence-corrected chi connectivity index (χ1v) is 12.2. The number of ether oxygens (including phenoxy) is 4. The third kappa shape index (κ3) is 7.00. The molecule has 0 atom stereocenters. The van der Waals surface area contributed by atoms with Crippen LogP contribution in [0.4, 0.5) is 5.69 Å². The maximum atomic E-state index is 12.5. The van der Waals surface area contributed by atoms with Gasteiger partial charge in [0.2, 0.25) is 0 Å². The van der Waals surface area contributed by atoms with Crippen molar-refractivity contribution >= 4 is 44.2 Å². The van der Waals surface area contributed by atoms with E-state index in [0.29, 0.717) is 39.8 Å². The lowest BCUT2D eigenvalue weighted by atomic mass is 10.1. The summed E-state index contributed by atoms with van der Waals surface area (Å²) in [6.07, 6.45) is 1.44. The summed E-state index contributed by atoms with van der Waals surface area (Å²) in [4.78, 5) is 1.97. The molecule has 0 aliphatic carbocycles. The highest BCUT2D eigenvalue weighted by molar-refractivity contribution is 14.1. The summed E-state index contributed by atoms with van der Waals surface area (Å²) in [5, 5.41) is 1.13. The molecule has 2 aromatic rings. The lowest BCUT2D eigenvalue weighted by Crippen LogP contribution is -2.02. The number of nitrogens with two attached hydrogens (primary N) is 1. The van der Waals surface area contributed by atoms with E-state index in [0.717, 1.165) is 5.41 Å². The second-order valence-electron chi connectivity index (χ2n) is 5.63. The first kappa shape index (κ1) is 24.9. The average Bonchev–Trinajstić information content (AvgIpc) is 2.72. The molecule has 0 spiro atoms. The predicted octanol–water partition coefficient (Wildman–Crippen LogP) is 3.94. The second kappa shape index (κ2) is 11.8. The molecule has 160 valence electrons. The van der Waals surface area contributed by atoms with Gasteiger partial charge in [0.25, 0.3) is 0 Å². The summed E-state index contributed by atoms with van der Waals surface area (Å²) in [6, 6.07) is 8.19. The zero-order valence-corrected chi connectivity index (χ0v) is 20.0. The Labute approximate surface area is 185 Å². The number of hydrogen-bond donors (Lipinski definition) is 1. The van der Waals surface area contributed by atoms with Crippen molar-refractivity contribution in [1.82, 2.24) is 0 Å². The summed E-state index contributed by atoms with van der Waals surface area (Å²) >= 11 is 2.15. The Morgan fingerprint density at radius 2 is 1.45 bits per heavy atom. The topological polar surface area (TPSA) is 97.1 Å². The van der Waals surface area contributed by atoms with Gasteiger partial charge in [-0.05, 0) is 28.7 Å². The normalized spacial score (nSPS) is 10.8. The fraction of sp³-hybridized carbons (Fsp3) is 0.300. The van der Waals surface area contributed by atoms with Gasteiger partial charge in [0.05, 0.1) is 45.4 Å². The summed E-state index contributed by atoms with van der Waals surface area (Å²) < 4.78 is 45.9.